The van der Waals surface area contributed by atoms with Crippen molar-refractivity contribution < 1.29 is 8.78 Å². The summed E-state index contributed by atoms with van der Waals surface area (Å²) in [5, 5.41) is 0.695. The van der Waals surface area contributed by atoms with E-state index in [4.69, 9.17) is 5.73 Å². The normalized spacial score (nSPS) is 13.3. The van der Waals surface area contributed by atoms with Crippen LogP contribution in [0.2, 0.25) is 0 Å². The molecule has 0 aliphatic heterocycles. The highest BCUT2D eigenvalue weighted by Crippen LogP contribution is 2.26. The Balaban J connectivity index is 2.67. The fraction of sp³-hybridized carbons (Fsp3) is 0.250. The molecule has 2 rings (SSSR count). The molecular weight excluding hydrogens is 210 g/mol. The lowest BCUT2D eigenvalue weighted by Crippen LogP contribution is -2.19. The van der Waals surface area contributed by atoms with Crippen LogP contribution in [0.5, 0.6) is 0 Å². The Hall–Kier alpha value is -1.55. The second kappa shape index (κ2) is 4.14. The lowest BCUT2D eigenvalue weighted by atomic mass is 10.0. The average molecular weight is 222 g/mol. The quantitative estimate of drug-likeness (QED) is 0.848. The summed E-state index contributed by atoms with van der Waals surface area (Å²) in [5.74, 6) is 0. The fourth-order valence-corrected chi connectivity index (χ4v) is 1.75. The van der Waals surface area contributed by atoms with Crippen molar-refractivity contribution in [3.05, 3.63) is 41.6 Å². The summed E-state index contributed by atoms with van der Waals surface area (Å²) in [7, 11) is 0. The van der Waals surface area contributed by atoms with Crippen LogP contribution in [-0.4, -0.2) is 11.4 Å². The molecule has 0 aliphatic carbocycles. The van der Waals surface area contributed by atoms with Crippen LogP contribution in [0, 0.1) is 6.92 Å². The Kier molecular flexibility index (Phi) is 2.83. The van der Waals surface area contributed by atoms with Crippen molar-refractivity contribution in [3.8, 4) is 0 Å². The van der Waals surface area contributed by atoms with E-state index in [1.54, 1.807) is 31.2 Å². The van der Waals surface area contributed by atoms with Crippen LogP contribution >= 0.6 is 0 Å². The zero-order valence-corrected chi connectivity index (χ0v) is 8.82. The maximum Gasteiger partial charge on any atom is 0.257 e. The third kappa shape index (κ3) is 1.88. The molecule has 0 aliphatic rings. The summed E-state index contributed by atoms with van der Waals surface area (Å²) in [6, 6.07) is 7.54. The predicted molar refractivity (Wildman–Crippen MR) is 59.4 cm³/mol. The highest BCUT2D eigenvalue weighted by Gasteiger charge is 2.20. The molecule has 16 heavy (non-hydrogen) atoms. The van der Waals surface area contributed by atoms with Crippen molar-refractivity contribution in [2.75, 3.05) is 0 Å². The van der Waals surface area contributed by atoms with Crippen LogP contribution in [0.3, 0.4) is 0 Å². The van der Waals surface area contributed by atoms with Crippen molar-refractivity contribution in [1.82, 2.24) is 4.98 Å². The fourth-order valence-electron chi connectivity index (χ4n) is 1.75. The molecule has 4 heteroatoms. The lowest BCUT2D eigenvalue weighted by Gasteiger charge is -2.14. The Bertz CT molecular complexity index is 511. The van der Waals surface area contributed by atoms with Crippen molar-refractivity contribution in [1.29, 1.82) is 0 Å². The van der Waals surface area contributed by atoms with Gasteiger partial charge in [0, 0.05) is 11.1 Å². The third-order valence-electron chi connectivity index (χ3n) is 2.51. The summed E-state index contributed by atoms with van der Waals surface area (Å²) >= 11 is 0. The molecule has 2 aromatic rings. The Morgan fingerprint density at radius 2 is 1.94 bits per heavy atom. The number of aryl methyl sites for hydroxylation is 1. The van der Waals surface area contributed by atoms with E-state index >= 15 is 0 Å². The maximum atomic E-state index is 12.6. The predicted octanol–water partition coefficient (Wildman–Crippen LogP) is 2.81. The standard InChI is InChI=1S/C12H12F2N2/c1-7-6-9(11(15)12(13)14)8-4-2-3-5-10(8)16-7/h2-6,11-12H,15H2,1H3. The molecule has 1 atom stereocenters. The van der Waals surface area contributed by atoms with Crippen molar-refractivity contribution in [3.63, 3.8) is 0 Å². The number of para-hydroxylation sites is 1. The van der Waals surface area contributed by atoms with Crippen LogP contribution in [0.1, 0.15) is 17.3 Å². The van der Waals surface area contributed by atoms with Gasteiger partial charge in [0.25, 0.3) is 6.43 Å². The van der Waals surface area contributed by atoms with Gasteiger partial charge in [-0.25, -0.2) is 8.78 Å². The van der Waals surface area contributed by atoms with E-state index in [-0.39, 0.29) is 0 Å². The number of aromatic nitrogens is 1. The molecular formula is C12H12F2N2. The van der Waals surface area contributed by atoms with Gasteiger partial charge in [-0.2, -0.15) is 0 Å². The van der Waals surface area contributed by atoms with Gasteiger partial charge in [-0.3, -0.25) is 4.98 Å². The van der Waals surface area contributed by atoms with Crippen LogP contribution in [0.4, 0.5) is 8.78 Å². The molecule has 0 saturated heterocycles. The molecule has 0 fully saturated rings. The summed E-state index contributed by atoms with van der Waals surface area (Å²) < 4.78 is 25.3. The first-order valence-corrected chi connectivity index (χ1v) is 4.99. The van der Waals surface area contributed by atoms with E-state index in [2.05, 4.69) is 4.98 Å². The molecule has 0 amide bonds. The van der Waals surface area contributed by atoms with Gasteiger partial charge in [-0.05, 0) is 24.6 Å². The van der Waals surface area contributed by atoms with Crippen LogP contribution < -0.4 is 5.73 Å². The number of alkyl halides is 2. The number of benzene rings is 1. The molecule has 0 spiro atoms. The summed E-state index contributed by atoms with van der Waals surface area (Å²) in [5.41, 5.74) is 7.35. The van der Waals surface area contributed by atoms with Crippen molar-refractivity contribution >= 4 is 10.9 Å². The van der Waals surface area contributed by atoms with Crippen molar-refractivity contribution in [2.24, 2.45) is 5.73 Å². The minimum Gasteiger partial charge on any atom is -0.319 e. The number of fused-ring (bicyclic) bond motifs is 1. The maximum absolute atomic E-state index is 12.6. The first-order chi connectivity index (χ1) is 7.59. The van der Waals surface area contributed by atoms with Gasteiger partial charge >= 0.3 is 0 Å². The average Bonchev–Trinajstić information content (AvgIpc) is 2.26. The number of nitrogens with two attached hydrogens (primary N) is 1. The summed E-state index contributed by atoms with van der Waals surface area (Å²) in [4.78, 5) is 4.28. The number of halogens is 2. The van der Waals surface area contributed by atoms with E-state index in [0.29, 0.717) is 22.2 Å². The van der Waals surface area contributed by atoms with E-state index in [9.17, 15) is 8.78 Å². The monoisotopic (exact) mass is 222 g/mol. The van der Waals surface area contributed by atoms with Gasteiger partial charge in [0.2, 0.25) is 0 Å². The smallest absolute Gasteiger partial charge is 0.257 e. The molecule has 0 saturated carbocycles. The largest absolute Gasteiger partial charge is 0.319 e. The minimum absolute atomic E-state index is 0.457. The molecule has 1 unspecified atom stereocenters. The van der Waals surface area contributed by atoms with E-state index in [0.717, 1.165) is 0 Å². The first kappa shape index (κ1) is 11.0. The third-order valence-corrected chi connectivity index (χ3v) is 2.51. The van der Waals surface area contributed by atoms with Crippen LogP contribution in [0.25, 0.3) is 10.9 Å². The molecule has 0 bridgehead atoms. The minimum atomic E-state index is -2.56. The van der Waals surface area contributed by atoms with Crippen LogP contribution in [-0.2, 0) is 0 Å². The molecule has 0 radical (unpaired) electrons. The number of rotatable bonds is 2. The number of hydrogen-bond acceptors (Lipinski definition) is 2. The topological polar surface area (TPSA) is 38.9 Å². The Morgan fingerprint density at radius 3 is 2.62 bits per heavy atom. The Morgan fingerprint density at radius 1 is 1.25 bits per heavy atom. The van der Waals surface area contributed by atoms with Crippen LogP contribution in [0.15, 0.2) is 30.3 Å². The lowest BCUT2D eigenvalue weighted by molar-refractivity contribution is 0.117. The molecule has 1 heterocycles. The SMILES string of the molecule is Cc1cc(C(N)C(F)F)c2ccccc2n1. The Labute approximate surface area is 92.1 Å². The second-order valence-corrected chi connectivity index (χ2v) is 3.73. The molecule has 1 aromatic heterocycles. The highest BCUT2D eigenvalue weighted by atomic mass is 19.3. The number of hydrogen-bond donors (Lipinski definition) is 1. The van der Waals surface area contributed by atoms with Gasteiger partial charge in [0.1, 0.15) is 0 Å². The number of nitrogens with zero attached hydrogens (tertiary/aromatic N) is 1. The summed E-state index contributed by atoms with van der Waals surface area (Å²) in [6.45, 7) is 1.77. The van der Waals surface area contributed by atoms with Gasteiger partial charge in [-0.15, -0.1) is 0 Å². The van der Waals surface area contributed by atoms with E-state index in [1.807, 2.05) is 6.07 Å². The number of pyridine rings is 1. The first-order valence-electron chi connectivity index (χ1n) is 4.99. The van der Waals surface area contributed by atoms with Gasteiger partial charge in [0.15, 0.2) is 0 Å². The van der Waals surface area contributed by atoms with E-state index < -0.39 is 12.5 Å². The molecule has 2 N–H and O–H groups in total. The molecule has 84 valence electrons. The van der Waals surface area contributed by atoms with E-state index in [1.165, 1.54) is 0 Å². The summed E-state index contributed by atoms with van der Waals surface area (Å²) in [6.07, 6.45) is -2.56. The van der Waals surface area contributed by atoms with Crippen molar-refractivity contribution in [2.45, 2.75) is 19.4 Å². The zero-order valence-electron chi connectivity index (χ0n) is 8.82. The van der Waals surface area contributed by atoms with Gasteiger partial charge < -0.3 is 5.73 Å². The molecule has 1 aromatic carbocycles. The second-order valence-electron chi connectivity index (χ2n) is 3.73. The molecule has 2 nitrogen and oxygen atoms in total. The zero-order chi connectivity index (χ0) is 11.7. The van der Waals surface area contributed by atoms with Gasteiger partial charge in [-0.1, -0.05) is 18.2 Å². The van der Waals surface area contributed by atoms with Gasteiger partial charge in [0.05, 0.1) is 11.6 Å². The highest BCUT2D eigenvalue weighted by molar-refractivity contribution is 5.82.